The van der Waals surface area contributed by atoms with Crippen LogP contribution >= 0.6 is 0 Å². The van der Waals surface area contributed by atoms with Crippen LogP contribution in [0.15, 0.2) is 24.3 Å². The standard InChI is InChI=1S/C90H161N3O37/c1-6-8-10-12-14-16-18-20-21-22-23-24-25-26-27-28-29-31-33-35-37-39-41-43-62(103)93-54(55(102)42-40-38-36-34-32-30-19-17-15-13-11-9-7-2)50-117-86-75(114)72(111)78(60(48-98)123-86)125-88-76(115)73(112)79(61(49-99)124-88)126-89-77(116)81(68(107)58(46-96)121-89)128-85-64(92-53(5)101)80(67(106)57(45-95)120-85)127-90-83(130-87-74(113)71(110)65(104)51(3)118-87)82(69(108)59(47-97)122-90)129-84-63(91-52(4)100)70(109)66(105)56(44-94)119-84/h20-21,40,42,51,54-61,63-90,94-99,102,104-116H,6-19,22-39,41,43-50H2,1-5H3,(H,91,100)(H,92,101)(H,93,103)/b21-20-,42-40+/t51?,54-,55+,56?,57?,58?,59?,60?,61?,63?,64?,65+,66-,67-,68-,69-,70+,71?,72+,73+,74-,75?,76?,77?,78+,79-,80+,81-,82-,83?,84+,85-,86+,87+,88-,89-,90-/m0/s1. The van der Waals surface area contributed by atoms with Gasteiger partial charge in [-0.25, -0.2) is 0 Å². The Balaban J connectivity index is 0.979. The average Bonchev–Trinajstić information content (AvgIpc) is 0.759. The Morgan fingerprint density at radius 1 is 0.315 bits per heavy atom. The quantitative estimate of drug-likeness (QED) is 0.0265. The van der Waals surface area contributed by atoms with Gasteiger partial charge in [0.25, 0.3) is 0 Å². The fraction of sp³-hybridized carbons (Fsp3) is 0.922. The number of rotatable bonds is 61. The molecule has 40 nitrogen and oxygen atoms in total. The Kier molecular flexibility index (Phi) is 53.3. The van der Waals surface area contributed by atoms with Crippen molar-refractivity contribution in [1.82, 2.24) is 16.0 Å². The van der Waals surface area contributed by atoms with Gasteiger partial charge in [0, 0.05) is 20.3 Å². The Morgan fingerprint density at radius 2 is 0.654 bits per heavy atom. The number of nitrogens with one attached hydrogen (secondary N) is 3. The van der Waals surface area contributed by atoms with Gasteiger partial charge in [0.15, 0.2) is 44.0 Å². The molecule has 37 atom stereocenters. The molecule has 7 aliphatic heterocycles. The van der Waals surface area contributed by atoms with Crippen molar-refractivity contribution in [3.8, 4) is 0 Å². The number of hydrogen-bond donors (Lipinski definition) is 23. The topological polar surface area (TPSA) is 621 Å². The number of allylic oxidation sites excluding steroid dienone is 3. The first-order valence-electron chi connectivity index (χ1n) is 48.0. The van der Waals surface area contributed by atoms with Crippen molar-refractivity contribution < 1.29 is 183 Å². The zero-order chi connectivity index (χ0) is 94.9. The molecule has 3 amide bonds. The predicted octanol–water partition coefficient (Wildman–Crippen LogP) is -0.675. The van der Waals surface area contributed by atoms with Crippen LogP contribution < -0.4 is 16.0 Å². The van der Waals surface area contributed by atoms with E-state index in [9.17, 15) is 117 Å². The summed E-state index contributed by atoms with van der Waals surface area (Å²) in [5.41, 5.74) is 0. The lowest BCUT2D eigenvalue weighted by atomic mass is 9.93. The summed E-state index contributed by atoms with van der Waals surface area (Å²) in [4.78, 5) is 39.5. The number of carbonyl (C=O) groups excluding carboxylic acids is 3. The Bertz CT molecular complexity index is 3110. The van der Waals surface area contributed by atoms with Crippen LogP contribution in [-0.2, 0) is 80.7 Å². The van der Waals surface area contributed by atoms with Gasteiger partial charge in [-0.1, -0.05) is 205 Å². The lowest BCUT2D eigenvalue weighted by Gasteiger charge is -2.52. The van der Waals surface area contributed by atoms with Crippen LogP contribution in [0, 0.1) is 0 Å². The molecule has 7 rings (SSSR count). The summed E-state index contributed by atoms with van der Waals surface area (Å²) < 4.78 is 84.3. The van der Waals surface area contributed by atoms with Crippen LogP contribution in [0.25, 0.3) is 0 Å². The second-order valence-corrected chi connectivity index (χ2v) is 35.9. The molecule has 40 heteroatoms. The van der Waals surface area contributed by atoms with E-state index in [1.54, 1.807) is 6.08 Å². The highest BCUT2D eigenvalue weighted by Gasteiger charge is 2.60. The fourth-order valence-corrected chi connectivity index (χ4v) is 17.6. The molecule has 7 saturated heterocycles. The third kappa shape index (κ3) is 34.8. The molecule has 0 spiro atoms. The molecule has 7 aliphatic rings. The predicted molar refractivity (Wildman–Crippen MR) is 462 cm³/mol. The number of aliphatic hydroxyl groups is 20. The van der Waals surface area contributed by atoms with Crippen molar-refractivity contribution in [2.75, 3.05) is 46.2 Å². The normalized spacial score (nSPS) is 37.3. The first kappa shape index (κ1) is 114. The highest BCUT2D eigenvalue weighted by Crippen LogP contribution is 2.40. The first-order chi connectivity index (χ1) is 62.5. The van der Waals surface area contributed by atoms with Gasteiger partial charge >= 0.3 is 0 Å². The Morgan fingerprint density at radius 3 is 1.13 bits per heavy atom. The third-order valence-electron chi connectivity index (χ3n) is 25.5. The highest BCUT2D eigenvalue weighted by atomic mass is 16.8. The highest BCUT2D eigenvalue weighted by molar-refractivity contribution is 5.76. The van der Waals surface area contributed by atoms with Crippen molar-refractivity contribution in [3.05, 3.63) is 24.3 Å². The van der Waals surface area contributed by atoms with Gasteiger partial charge < -0.3 is 184 Å². The SMILES string of the molecule is CCCCCCCC/C=C\CCCCCCCCCCCCCCCC(=O)N[C@@H](CO[C@@H]1OC(CO)[C@@H](O[C@@H]2OC(CO)[C@H](O[C@@H]3OC(CO)[C@H](O)[C@H](O[C@@H]4OC(CO)[C@H](O)[C@H](O[C@@H]5OC(CO)[C@H](O)[C@H](O[C@H]6OC(CO)[C@H](O)[C@H](O)C6NC(C)=O)C5O[C@H]5OC(C)[C@@H](O)C(O)[C@@H]5O)C4NC(C)=O)C3O)[C@H](O)C2O)[C@H](O)C1O)[C@H](O)/C=C/CCCCCCCCCCCCC. The molecule has 7 heterocycles. The zero-order valence-corrected chi connectivity index (χ0v) is 76.5. The van der Waals surface area contributed by atoms with E-state index in [2.05, 4.69) is 41.9 Å². The van der Waals surface area contributed by atoms with Gasteiger partial charge in [0.1, 0.15) is 165 Å². The molecule has 0 aromatic rings. The van der Waals surface area contributed by atoms with E-state index in [0.29, 0.717) is 12.8 Å². The molecule has 0 saturated carbocycles. The molecule has 0 bridgehead atoms. The summed E-state index contributed by atoms with van der Waals surface area (Å²) in [6, 6.07) is -4.76. The van der Waals surface area contributed by atoms with E-state index >= 15 is 0 Å². The van der Waals surface area contributed by atoms with Crippen molar-refractivity contribution >= 4 is 17.7 Å². The number of unbranched alkanes of at least 4 members (excludes halogenated alkanes) is 30. The third-order valence-corrected chi connectivity index (χ3v) is 25.5. The van der Waals surface area contributed by atoms with E-state index in [-0.39, 0.29) is 12.3 Å². The van der Waals surface area contributed by atoms with Gasteiger partial charge in [0.05, 0.1) is 64.5 Å². The number of amides is 3. The average molecular weight is 1880 g/mol. The van der Waals surface area contributed by atoms with Crippen LogP contribution in [0.5, 0.6) is 0 Å². The number of ether oxygens (including phenoxy) is 14. The van der Waals surface area contributed by atoms with Gasteiger partial charge in [-0.15, -0.1) is 0 Å². The monoisotopic (exact) mass is 1880 g/mol. The second kappa shape index (κ2) is 61.1. The summed E-state index contributed by atoms with van der Waals surface area (Å²) in [5.74, 6) is -2.11. The summed E-state index contributed by atoms with van der Waals surface area (Å²) in [6.07, 6.45) is -20.2. The van der Waals surface area contributed by atoms with E-state index < -0.39 is 285 Å². The molecule has 0 aromatic carbocycles. The zero-order valence-electron chi connectivity index (χ0n) is 76.5. The molecular weight excluding hydrogens is 1710 g/mol. The van der Waals surface area contributed by atoms with Crippen LogP contribution in [0.2, 0.25) is 0 Å². The molecule has 14 unspecified atom stereocenters. The van der Waals surface area contributed by atoms with Crippen LogP contribution in [0.3, 0.4) is 0 Å². The number of carbonyl (C=O) groups is 3. The van der Waals surface area contributed by atoms with Crippen LogP contribution in [0.1, 0.15) is 253 Å². The number of hydrogen-bond acceptors (Lipinski definition) is 37. The summed E-state index contributed by atoms with van der Waals surface area (Å²) >= 11 is 0. The molecule has 7 fully saturated rings. The van der Waals surface area contributed by atoms with Gasteiger partial charge in [-0.2, -0.15) is 0 Å². The van der Waals surface area contributed by atoms with Crippen LogP contribution in [-0.4, -0.2) is 393 Å². The molecule has 0 aliphatic carbocycles. The lowest BCUT2D eigenvalue weighted by molar-refractivity contribution is -0.402. The van der Waals surface area contributed by atoms with Crippen molar-refractivity contribution in [1.29, 1.82) is 0 Å². The largest absolute Gasteiger partial charge is 0.394 e. The van der Waals surface area contributed by atoms with Crippen molar-refractivity contribution in [3.63, 3.8) is 0 Å². The maximum absolute atomic E-state index is 13.6. The van der Waals surface area contributed by atoms with Crippen molar-refractivity contribution in [2.45, 2.75) is 480 Å². The summed E-state index contributed by atoms with van der Waals surface area (Å²) in [5, 5.41) is 234. The minimum Gasteiger partial charge on any atom is -0.394 e. The van der Waals surface area contributed by atoms with E-state index in [1.165, 1.54) is 155 Å². The maximum Gasteiger partial charge on any atom is 0.220 e. The molecule has 0 radical (unpaired) electrons. The fourth-order valence-electron chi connectivity index (χ4n) is 17.6. The molecule has 23 N–H and O–H groups in total. The molecule has 0 aromatic heterocycles. The van der Waals surface area contributed by atoms with Crippen LogP contribution in [0.4, 0.5) is 0 Å². The van der Waals surface area contributed by atoms with Gasteiger partial charge in [-0.3, -0.25) is 14.4 Å². The minimum atomic E-state index is -2.34. The van der Waals surface area contributed by atoms with Gasteiger partial charge in [0.2, 0.25) is 17.7 Å². The minimum absolute atomic E-state index is 0.165. The van der Waals surface area contributed by atoms with E-state index in [0.717, 1.165) is 65.2 Å². The Labute approximate surface area is 763 Å². The molecule has 758 valence electrons. The van der Waals surface area contributed by atoms with Crippen molar-refractivity contribution in [2.24, 2.45) is 0 Å². The van der Waals surface area contributed by atoms with Gasteiger partial charge in [-0.05, 0) is 51.9 Å². The number of aliphatic hydroxyl groups excluding tert-OH is 20. The molecular formula is C90H161N3O37. The second-order valence-electron chi connectivity index (χ2n) is 35.9. The Hall–Kier alpha value is -3.47. The smallest absolute Gasteiger partial charge is 0.220 e. The van der Waals surface area contributed by atoms with E-state index in [1.807, 2.05) is 6.08 Å². The summed E-state index contributed by atoms with van der Waals surface area (Å²) in [7, 11) is 0. The molecule has 130 heavy (non-hydrogen) atoms. The first-order valence-corrected chi connectivity index (χ1v) is 48.0. The lowest BCUT2D eigenvalue weighted by Crippen LogP contribution is -2.71. The van der Waals surface area contributed by atoms with E-state index in [4.69, 9.17) is 66.3 Å². The maximum atomic E-state index is 13.6. The summed E-state index contributed by atoms with van der Waals surface area (Å²) in [6.45, 7) is 0.945.